The minimum Gasteiger partial charge on any atom is -0.399 e. The molecule has 2 rings (SSSR count). The molecule has 0 aromatic heterocycles. The van der Waals surface area contributed by atoms with Crippen molar-refractivity contribution >= 4 is 38.7 Å². The average Bonchev–Trinajstić information content (AvgIpc) is 2.41. The van der Waals surface area contributed by atoms with Crippen molar-refractivity contribution in [3.05, 3.63) is 57.6 Å². The molecule has 0 aliphatic rings. The number of hydrogen-bond acceptors (Lipinski definition) is 5. The van der Waals surface area contributed by atoms with Crippen molar-refractivity contribution < 1.29 is 13.3 Å². The van der Waals surface area contributed by atoms with E-state index in [9.17, 15) is 18.5 Å². The number of non-ortho nitro benzene ring substituents is 1. The molecule has 0 atom stereocenters. The van der Waals surface area contributed by atoms with Crippen molar-refractivity contribution in [2.45, 2.75) is 4.90 Å². The van der Waals surface area contributed by atoms with Gasteiger partial charge in [-0.25, -0.2) is 8.42 Å². The van der Waals surface area contributed by atoms with Crippen LogP contribution in [0.1, 0.15) is 0 Å². The van der Waals surface area contributed by atoms with E-state index in [1.807, 2.05) is 0 Å². The van der Waals surface area contributed by atoms with Crippen LogP contribution < -0.4 is 10.5 Å². The van der Waals surface area contributed by atoms with E-state index in [2.05, 4.69) is 4.72 Å². The van der Waals surface area contributed by atoms with E-state index in [4.69, 9.17) is 17.3 Å². The van der Waals surface area contributed by atoms with E-state index in [0.29, 0.717) is 5.69 Å². The smallest absolute Gasteiger partial charge is 0.271 e. The Morgan fingerprint density at radius 3 is 2.33 bits per heavy atom. The van der Waals surface area contributed by atoms with E-state index >= 15 is 0 Å². The Balaban J connectivity index is 2.38. The summed E-state index contributed by atoms with van der Waals surface area (Å²) >= 11 is 5.85. The van der Waals surface area contributed by atoms with Gasteiger partial charge in [0.25, 0.3) is 15.7 Å². The highest BCUT2D eigenvalue weighted by molar-refractivity contribution is 7.92. The number of hydrogen-bond donors (Lipinski definition) is 2. The Kier molecular flexibility index (Phi) is 4.01. The van der Waals surface area contributed by atoms with Crippen LogP contribution in [0.15, 0.2) is 47.4 Å². The number of sulfonamides is 1. The van der Waals surface area contributed by atoms with Crippen LogP contribution in [0.25, 0.3) is 0 Å². The van der Waals surface area contributed by atoms with Gasteiger partial charge in [0.15, 0.2) is 0 Å². The third-order valence-corrected chi connectivity index (χ3v) is 4.31. The number of nitrogens with one attached hydrogen (secondary N) is 1. The molecule has 0 heterocycles. The minimum absolute atomic E-state index is 0.0285. The summed E-state index contributed by atoms with van der Waals surface area (Å²) in [5.74, 6) is 0. The summed E-state index contributed by atoms with van der Waals surface area (Å²) < 4.78 is 26.5. The van der Waals surface area contributed by atoms with Crippen LogP contribution in [0.4, 0.5) is 17.1 Å². The lowest BCUT2D eigenvalue weighted by atomic mass is 10.3. The summed E-state index contributed by atoms with van der Waals surface area (Å²) in [6.07, 6.45) is 0. The molecular weight excluding hydrogens is 318 g/mol. The lowest BCUT2D eigenvalue weighted by Crippen LogP contribution is -2.13. The second-order valence-electron chi connectivity index (χ2n) is 4.10. The van der Waals surface area contributed by atoms with Crippen LogP contribution in [0.2, 0.25) is 5.02 Å². The zero-order valence-electron chi connectivity index (χ0n) is 10.5. The molecule has 2 aromatic carbocycles. The lowest BCUT2D eigenvalue weighted by Gasteiger charge is -2.09. The molecule has 2 aromatic rings. The fraction of sp³-hybridized carbons (Fsp3) is 0. The van der Waals surface area contributed by atoms with Gasteiger partial charge >= 0.3 is 0 Å². The third kappa shape index (κ3) is 3.41. The molecule has 7 nitrogen and oxygen atoms in total. The SMILES string of the molecule is Nc1ccc(S(=O)(=O)Nc2cc([N+](=O)[O-])ccc2Cl)cc1. The van der Waals surface area contributed by atoms with Gasteiger partial charge in [-0.15, -0.1) is 0 Å². The molecule has 0 radical (unpaired) electrons. The van der Waals surface area contributed by atoms with Gasteiger partial charge < -0.3 is 5.73 Å². The maximum Gasteiger partial charge on any atom is 0.271 e. The number of benzene rings is 2. The monoisotopic (exact) mass is 327 g/mol. The number of anilines is 2. The van der Waals surface area contributed by atoms with Crippen LogP contribution >= 0.6 is 11.6 Å². The maximum absolute atomic E-state index is 12.2. The van der Waals surface area contributed by atoms with Crippen molar-refractivity contribution in [1.29, 1.82) is 0 Å². The highest BCUT2D eigenvalue weighted by Gasteiger charge is 2.18. The normalized spacial score (nSPS) is 11.1. The highest BCUT2D eigenvalue weighted by atomic mass is 35.5. The number of halogens is 1. The van der Waals surface area contributed by atoms with Gasteiger partial charge in [0, 0.05) is 17.8 Å². The van der Waals surface area contributed by atoms with E-state index in [-0.39, 0.29) is 21.3 Å². The van der Waals surface area contributed by atoms with Gasteiger partial charge in [-0.1, -0.05) is 11.6 Å². The summed E-state index contributed by atoms with van der Waals surface area (Å²) in [6.45, 7) is 0. The second kappa shape index (κ2) is 5.58. The molecule has 0 aliphatic carbocycles. The third-order valence-electron chi connectivity index (χ3n) is 2.60. The van der Waals surface area contributed by atoms with Crippen molar-refractivity contribution in [2.75, 3.05) is 10.5 Å². The van der Waals surface area contributed by atoms with Gasteiger partial charge in [0.05, 0.1) is 20.5 Å². The van der Waals surface area contributed by atoms with Crippen LogP contribution in [0, 0.1) is 10.1 Å². The molecule has 21 heavy (non-hydrogen) atoms. The summed E-state index contributed by atoms with van der Waals surface area (Å²) in [7, 11) is -3.91. The summed E-state index contributed by atoms with van der Waals surface area (Å²) in [5.41, 5.74) is 5.57. The largest absolute Gasteiger partial charge is 0.399 e. The molecule has 110 valence electrons. The molecular formula is C12H10ClN3O4S. The molecule has 9 heteroatoms. The van der Waals surface area contributed by atoms with Crippen molar-refractivity contribution in [3.63, 3.8) is 0 Å². The molecule has 0 unspecified atom stereocenters. The molecule has 0 spiro atoms. The molecule has 0 aliphatic heterocycles. The zero-order chi connectivity index (χ0) is 15.6. The Morgan fingerprint density at radius 2 is 1.76 bits per heavy atom. The summed E-state index contributed by atoms with van der Waals surface area (Å²) in [5, 5.41) is 10.8. The van der Waals surface area contributed by atoms with Crippen LogP contribution in [0.3, 0.4) is 0 Å². The number of nitro groups is 1. The topological polar surface area (TPSA) is 115 Å². The lowest BCUT2D eigenvalue weighted by molar-refractivity contribution is -0.384. The summed E-state index contributed by atoms with van der Waals surface area (Å²) in [6, 6.07) is 9.00. The van der Waals surface area contributed by atoms with Crippen LogP contribution in [-0.2, 0) is 10.0 Å². The Bertz CT molecular complexity index is 791. The second-order valence-corrected chi connectivity index (χ2v) is 6.19. The first kappa shape index (κ1) is 15.1. The number of nitrogens with zero attached hydrogens (tertiary/aromatic N) is 1. The van der Waals surface area contributed by atoms with Gasteiger partial charge in [0.2, 0.25) is 0 Å². The van der Waals surface area contributed by atoms with Crippen LogP contribution in [-0.4, -0.2) is 13.3 Å². The fourth-order valence-electron chi connectivity index (χ4n) is 1.56. The van der Waals surface area contributed by atoms with Crippen LogP contribution in [0.5, 0.6) is 0 Å². The molecule has 0 fully saturated rings. The van der Waals surface area contributed by atoms with Gasteiger partial charge in [0.1, 0.15) is 0 Å². The summed E-state index contributed by atoms with van der Waals surface area (Å²) in [4.78, 5) is 10.0. The number of nitro benzene ring substituents is 1. The van der Waals surface area contributed by atoms with Crippen molar-refractivity contribution in [2.24, 2.45) is 0 Å². The molecule has 0 amide bonds. The van der Waals surface area contributed by atoms with Crippen molar-refractivity contribution in [1.82, 2.24) is 0 Å². The first-order valence-corrected chi connectivity index (χ1v) is 7.48. The Labute approximate surface area is 125 Å². The van der Waals surface area contributed by atoms with Gasteiger partial charge in [-0.2, -0.15) is 0 Å². The molecule has 3 N–H and O–H groups in total. The average molecular weight is 328 g/mol. The standard InChI is InChI=1S/C12H10ClN3O4S/c13-11-6-3-9(16(17)18)7-12(11)15-21(19,20)10-4-1-8(14)2-5-10/h1-7,15H,14H2. The van der Waals surface area contributed by atoms with Gasteiger partial charge in [-0.05, 0) is 30.3 Å². The van der Waals surface area contributed by atoms with Gasteiger partial charge in [-0.3, -0.25) is 14.8 Å². The quantitative estimate of drug-likeness (QED) is 0.508. The predicted octanol–water partition coefficient (Wildman–Crippen LogP) is 2.63. The fourth-order valence-corrected chi connectivity index (χ4v) is 2.85. The molecule has 0 saturated heterocycles. The number of nitrogens with two attached hydrogens (primary N) is 1. The van der Waals surface area contributed by atoms with Crippen molar-refractivity contribution in [3.8, 4) is 0 Å². The first-order chi connectivity index (χ1) is 9.79. The predicted molar refractivity (Wildman–Crippen MR) is 79.8 cm³/mol. The minimum atomic E-state index is -3.91. The first-order valence-electron chi connectivity index (χ1n) is 5.62. The Hall–Kier alpha value is -2.32. The number of rotatable bonds is 4. The van der Waals surface area contributed by atoms with E-state index < -0.39 is 14.9 Å². The maximum atomic E-state index is 12.2. The van der Waals surface area contributed by atoms with E-state index in [0.717, 1.165) is 6.07 Å². The highest BCUT2D eigenvalue weighted by Crippen LogP contribution is 2.28. The zero-order valence-corrected chi connectivity index (χ0v) is 12.1. The van der Waals surface area contributed by atoms with E-state index in [1.165, 1.54) is 36.4 Å². The number of nitrogen functional groups attached to an aromatic ring is 1. The van der Waals surface area contributed by atoms with E-state index in [1.54, 1.807) is 0 Å². The Morgan fingerprint density at radius 1 is 1.14 bits per heavy atom. The molecule has 0 bridgehead atoms. The molecule has 0 saturated carbocycles.